The van der Waals surface area contributed by atoms with Crippen LogP contribution in [0, 0.1) is 0 Å². The van der Waals surface area contributed by atoms with Crippen molar-refractivity contribution in [2.75, 3.05) is 5.75 Å². The van der Waals surface area contributed by atoms with E-state index in [1.54, 1.807) is 11.8 Å². The van der Waals surface area contributed by atoms with Gasteiger partial charge >= 0.3 is 0 Å². The van der Waals surface area contributed by atoms with Gasteiger partial charge in [-0.15, -0.1) is 0 Å². The number of thioether (sulfide) groups is 1. The van der Waals surface area contributed by atoms with Gasteiger partial charge in [-0.05, 0) is 11.3 Å². The number of nitrogens with zero attached hydrogens (tertiary/aromatic N) is 1. The summed E-state index contributed by atoms with van der Waals surface area (Å²) < 4.78 is 0.932. The summed E-state index contributed by atoms with van der Waals surface area (Å²) in [4.78, 5) is 0. The normalized spacial score (nSPS) is 19.5. The lowest BCUT2D eigenvalue weighted by atomic mass is 10.2. The monoisotopic (exact) mass is 224 g/mol. The maximum Gasteiger partial charge on any atom is 0.152 e. The van der Waals surface area contributed by atoms with Gasteiger partial charge in [-0.25, -0.2) is 5.43 Å². The molecule has 1 N–H and O–H groups in total. The molecule has 1 heterocycles. The largest absolute Gasteiger partial charge is 0.267 e. The number of nitrogens with one attached hydrogen (secondary N) is 1. The molecule has 1 aromatic rings. The van der Waals surface area contributed by atoms with E-state index in [-0.39, 0.29) is 0 Å². The molecule has 0 saturated carbocycles. The molecule has 0 amide bonds. The zero-order valence-electron chi connectivity index (χ0n) is 7.93. The van der Waals surface area contributed by atoms with Crippen LogP contribution in [0.25, 0.3) is 0 Å². The molecular weight excluding hydrogens is 212 g/mol. The number of thiocarbonyl (C=S) groups is 1. The molecule has 0 radical (unpaired) electrons. The Bertz CT molecular complexity index is 326. The second-order valence-corrected chi connectivity index (χ2v) is 4.91. The van der Waals surface area contributed by atoms with Gasteiger partial charge in [0.15, 0.2) is 4.32 Å². The van der Waals surface area contributed by atoms with Gasteiger partial charge in [0.2, 0.25) is 0 Å². The van der Waals surface area contributed by atoms with Crippen molar-refractivity contribution in [2.45, 2.75) is 13.1 Å². The van der Waals surface area contributed by atoms with Crippen molar-refractivity contribution < 1.29 is 0 Å². The van der Waals surface area contributed by atoms with E-state index < -0.39 is 0 Å². The Morgan fingerprint density at radius 3 is 2.86 bits per heavy atom. The maximum absolute atomic E-state index is 5.24. The fraction of sp³-hybridized carbons (Fsp3) is 0.300. The molecule has 4 heteroatoms. The van der Waals surface area contributed by atoms with Crippen molar-refractivity contribution in [2.24, 2.45) is 0 Å². The third-order valence-corrected chi connectivity index (χ3v) is 3.31. The predicted molar refractivity (Wildman–Crippen MR) is 64.9 cm³/mol. The highest BCUT2D eigenvalue weighted by Crippen LogP contribution is 2.31. The van der Waals surface area contributed by atoms with Crippen molar-refractivity contribution in [1.29, 1.82) is 0 Å². The molecule has 1 saturated heterocycles. The molecule has 0 bridgehead atoms. The summed E-state index contributed by atoms with van der Waals surface area (Å²) in [5, 5.41) is 2.03. The van der Waals surface area contributed by atoms with Gasteiger partial charge < -0.3 is 0 Å². The maximum atomic E-state index is 5.24. The average molecular weight is 224 g/mol. The minimum atomic E-state index is 0.294. The zero-order valence-corrected chi connectivity index (χ0v) is 9.57. The van der Waals surface area contributed by atoms with Gasteiger partial charge in [-0.2, -0.15) is 0 Å². The molecule has 1 aliphatic rings. The highest BCUT2D eigenvalue weighted by Gasteiger charge is 2.36. The van der Waals surface area contributed by atoms with Crippen LogP contribution in [0.15, 0.2) is 30.3 Å². The van der Waals surface area contributed by atoms with E-state index >= 15 is 0 Å². The lowest BCUT2D eigenvalue weighted by Gasteiger charge is -2.01. The second kappa shape index (κ2) is 4.29. The Labute approximate surface area is 93.6 Å². The standard InChI is InChI=1S/C10H12N2S2/c1-2-14-10(13)12-9(11-12)8-6-4-3-5-7-8/h3-7,9,11H,2H2,1H3/t9-,12?/m0/s1. The lowest BCUT2D eigenvalue weighted by molar-refractivity contribution is 0.754. The summed E-state index contributed by atoms with van der Waals surface area (Å²) in [7, 11) is 0. The molecule has 1 aliphatic heterocycles. The molecular formula is C10H12N2S2. The van der Waals surface area contributed by atoms with Crippen molar-refractivity contribution in [3.05, 3.63) is 35.9 Å². The summed E-state index contributed by atoms with van der Waals surface area (Å²) >= 11 is 6.94. The predicted octanol–water partition coefficient (Wildman–Crippen LogP) is 2.54. The Balaban J connectivity index is 1.96. The van der Waals surface area contributed by atoms with E-state index in [9.17, 15) is 0 Å². The van der Waals surface area contributed by atoms with Crippen LogP contribution in [0.3, 0.4) is 0 Å². The summed E-state index contributed by atoms with van der Waals surface area (Å²) in [6.07, 6.45) is 0.294. The first-order valence-corrected chi connectivity index (χ1v) is 5.99. The third kappa shape index (κ3) is 2.08. The molecule has 0 spiro atoms. The molecule has 1 aromatic carbocycles. The molecule has 2 rings (SSSR count). The van der Waals surface area contributed by atoms with Gasteiger partial charge in [-0.1, -0.05) is 61.2 Å². The van der Waals surface area contributed by atoms with Gasteiger partial charge in [0.25, 0.3) is 0 Å². The fourth-order valence-corrected chi connectivity index (χ4v) is 2.36. The summed E-state index contributed by atoms with van der Waals surface area (Å²) in [5.41, 5.74) is 4.51. The van der Waals surface area contributed by atoms with Crippen LogP contribution in [0.4, 0.5) is 0 Å². The van der Waals surface area contributed by atoms with E-state index in [2.05, 4.69) is 24.5 Å². The first-order chi connectivity index (χ1) is 6.83. The highest BCUT2D eigenvalue weighted by molar-refractivity contribution is 8.22. The summed E-state index contributed by atoms with van der Waals surface area (Å²) in [5.74, 6) is 1.03. The Hall–Kier alpha value is -0.580. The van der Waals surface area contributed by atoms with Crippen molar-refractivity contribution >= 4 is 28.3 Å². The molecule has 1 atom stereocenters. The highest BCUT2D eigenvalue weighted by atomic mass is 32.2. The van der Waals surface area contributed by atoms with Gasteiger partial charge in [0, 0.05) is 0 Å². The minimum absolute atomic E-state index is 0.294. The van der Waals surface area contributed by atoms with E-state index in [0.717, 1.165) is 10.1 Å². The van der Waals surface area contributed by atoms with E-state index in [1.165, 1.54) is 5.56 Å². The Kier molecular flexibility index (Phi) is 3.05. The second-order valence-electron chi connectivity index (χ2n) is 3.01. The van der Waals surface area contributed by atoms with E-state index in [0.29, 0.717) is 6.17 Å². The summed E-state index contributed by atoms with van der Waals surface area (Å²) in [6, 6.07) is 10.3. The topological polar surface area (TPSA) is 25.0 Å². The van der Waals surface area contributed by atoms with Crippen LogP contribution < -0.4 is 5.43 Å². The first kappa shape index (κ1) is 9.96. The number of rotatable bonds is 2. The molecule has 74 valence electrons. The van der Waals surface area contributed by atoms with Crippen LogP contribution in [0.2, 0.25) is 0 Å². The lowest BCUT2D eigenvalue weighted by Crippen LogP contribution is -2.06. The smallest absolute Gasteiger partial charge is 0.152 e. The van der Waals surface area contributed by atoms with Crippen LogP contribution in [-0.4, -0.2) is 15.1 Å². The van der Waals surface area contributed by atoms with E-state index in [4.69, 9.17) is 12.2 Å². The van der Waals surface area contributed by atoms with Crippen LogP contribution >= 0.6 is 24.0 Å². The van der Waals surface area contributed by atoms with Crippen molar-refractivity contribution in [1.82, 2.24) is 10.4 Å². The average Bonchev–Trinajstić information content (AvgIpc) is 2.99. The third-order valence-electron chi connectivity index (χ3n) is 2.03. The summed E-state index contributed by atoms with van der Waals surface area (Å²) in [6.45, 7) is 2.11. The van der Waals surface area contributed by atoms with Gasteiger partial charge in [0.1, 0.15) is 6.17 Å². The van der Waals surface area contributed by atoms with Gasteiger partial charge in [0.05, 0.1) is 0 Å². The van der Waals surface area contributed by atoms with Crippen LogP contribution in [0.5, 0.6) is 0 Å². The van der Waals surface area contributed by atoms with Crippen LogP contribution in [-0.2, 0) is 0 Å². The number of hydrazine groups is 1. The van der Waals surface area contributed by atoms with Gasteiger partial charge in [-0.3, -0.25) is 5.01 Å². The molecule has 1 fully saturated rings. The molecule has 0 aromatic heterocycles. The minimum Gasteiger partial charge on any atom is -0.267 e. The molecule has 14 heavy (non-hydrogen) atoms. The number of hydrogen-bond donors (Lipinski definition) is 1. The van der Waals surface area contributed by atoms with Crippen molar-refractivity contribution in [3.63, 3.8) is 0 Å². The number of hydrogen-bond acceptors (Lipinski definition) is 3. The Morgan fingerprint density at radius 1 is 1.50 bits per heavy atom. The fourth-order valence-electron chi connectivity index (χ4n) is 1.31. The van der Waals surface area contributed by atoms with Crippen molar-refractivity contribution in [3.8, 4) is 0 Å². The molecule has 0 aliphatic carbocycles. The number of benzene rings is 1. The van der Waals surface area contributed by atoms with E-state index in [1.807, 2.05) is 23.2 Å². The molecule has 0 unspecified atom stereocenters. The quantitative estimate of drug-likeness (QED) is 0.616. The van der Waals surface area contributed by atoms with Crippen LogP contribution in [0.1, 0.15) is 18.7 Å². The Morgan fingerprint density at radius 2 is 2.21 bits per heavy atom. The zero-order chi connectivity index (χ0) is 9.97. The SMILES string of the molecule is CCSC(=S)N1N[C@@H]1c1ccccc1. The first-order valence-electron chi connectivity index (χ1n) is 4.60. The molecule has 2 nitrogen and oxygen atoms in total.